The maximum atomic E-state index is 13.7. The average Bonchev–Trinajstić information content (AvgIpc) is 2.74. The van der Waals surface area contributed by atoms with Crippen LogP contribution in [0.2, 0.25) is 0 Å². The SMILES string of the molecule is COc1ccc(F)c(NC(=O)NC2CCCCCC2CO)c1. The number of ether oxygens (including phenoxy) is 1. The molecular formula is C16H23FN2O3. The summed E-state index contributed by atoms with van der Waals surface area (Å²) in [6.07, 6.45) is 4.93. The van der Waals surface area contributed by atoms with E-state index in [0.29, 0.717) is 5.75 Å². The third-order valence-electron chi connectivity index (χ3n) is 4.13. The van der Waals surface area contributed by atoms with Gasteiger partial charge in [-0.1, -0.05) is 19.3 Å². The first kappa shape index (κ1) is 16.5. The number of aliphatic hydroxyl groups is 1. The number of anilines is 1. The molecule has 2 atom stereocenters. The Morgan fingerprint density at radius 2 is 2.14 bits per heavy atom. The lowest BCUT2D eigenvalue weighted by Crippen LogP contribution is -2.43. The van der Waals surface area contributed by atoms with E-state index in [-0.39, 0.29) is 24.3 Å². The monoisotopic (exact) mass is 310 g/mol. The smallest absolute Gasteiger partial charge is 0.319 e. The highest BCUT2D eigenvalue weighted by Crippen LogP contribution is 2.24. The number of urea groups is 1. The Kier molecular flexibility index (Phi) is 6.00. The van der Waals surface area contributed by atoms with Crippen LogP contribution in [-0.2, 0) is 0 Å². The van der Waals surface area contributed by atoms with Gasteiger partial charge in [0.2, 0.25) is 0 Å². The topological polar surface area (TPSA) is 70.6 Å². The van der Waals surface area contributed by atoms with Crippen LogP contribution >= 0.6 is 0 Å². The van der Waals surface area contributed by atoms with Crippen LogP contribution in [0, 0.1) is 11.7 Å². The molecule has 6 heteroatoms. The van der Waals surface area contributed by atoms with Crippen LogP contribution in [0.4, 0.5) is 14.9 Å². The standard InChI is InChI=1S/C16H23FN2O3/c1-22-12-7-8-13(17)15(9-12)19-16(21)18-14-6-4-2-3-5-11(14)10-20/h7-9,11,14,20H,2-6,10H2,1H3,(H2,18,19,21). The first-order valence-electron chi connectivity index (χ1n) is 7.66. The zero-order chi connectivity index (χ0) is 15.9. The Hall–Kier alpha value is -1.82. The van der Waals surface area contributed by atoms with Crippen molar-refractivity contribution in [3.8, 4) is 5.75 Å². The fraction of sp³-hybridized carbons (Fsp3) is 0.562. The van der Waals surface area contributed by atoms with Crippen LogP contribution in [0.1, 0.15) is 32.1 Å². The minimum absolute atomic E-state index is 0.0540. The summed E-state index contributed by atoms with van der Waals surface area (Å²) in [5.41, 5.74) is 0.0750. The first-order valence-corrected chi connectivity index (χ1v) is 7.66. The van der Waals surface area contributed by atoms with E-state index < -0.39 is 11.8 Å². The van der Waals surface area contributed by atoms with E-state index in [2.05, 4.69) is 10.6 Å². The van der Waals surface area contributed by atoms with Crippen molar-refractivity contribution in [1.29, 1.82) is 0 Å². The van der Waals surface area contributed by atoms with E-state index >= 15 is 0 Å². The van der Waals surface area contributed by atoms with Crippen molar-refractivity contribution in [1.82, 2.24) is 5.32 Å². The lowest BCUT2D eigenvalue weighted by atomic mass is 9.96. The summed E-state index contributed by atoms with van der Waals surface area (Å²) in [5, 5.41) is 14.8. The van der Waals surface area contributed by atoms with Gasteiger partial charge in [-0.15, -0.1) is 0 Å². The predicted molar refractivity (Wildman–Crippen MR) is 82.6 cm³/mol. The Morgan fingerprint density at radius 3 is 2.86 bits per heavy atom. The highest BCUT2D eigenvalue weighted by molar-refractivity contribution is 5.89. The van der Waals surface area contributed by atoms with Crippen LogP contribution in [0.25, 0.3) is 0 Å². The van der Waals surface area contributed by atoms with Crippen LogP contribution in [0.15, 0.2) is 18.2 Å². The summed E-state index contributed by atoms with van der Waals surface area (Å²) in [4.78, 5) is 12.1. The molecule has 2 rings (SSSR count). The Labute approximate surface area is 129 Å². The lowest BCUT2D eigenvalue weighted by Gasteiger charge is -2.24. The second-order valence-corrected chi connectivity index (χ2v) is 5.63. The predicted octanol–water partition coefficient (Wildman–Crippen LogP) is 2.90. The number of halogens is 1. The number of carbonyl (C=O) groups is 1. The van der Waals surface area contributed by atoms with Gasteiger partial charge < -0.3 is 20.5 Å². The lowest BCUT2D eigenvalue weighted by molar-refractivity contribution is 0.182. The highest BCUT2D eigenvalue weighted by atomic mass is 19.1. The molecule has 1 aliphatic rings. The number of nitrogens with one attached hydrogen (secondary N) is 2. The number of rotatable bonds is 4. The van der Waals surface area contributed by atoms with Gasteiger partial charge in [0.15, 0.2) is 0 Å². The van der Waals surface area contributed by atoms with Crippen LogP contribution in [-0.4, -0.2) is 30.9 Å². The van der Waals surface area contributed by atoms with Crippen molar-refractivity contribution >= 4 is 11.7 Å². The minimum atomic E-state index is -0.518. The molecule has 1 fully saturated rings. The third kappa shape index (κ3) is 4.34. The van der Waals surface area contributed by atoms with E-state index in [9.17, 15) is 14.3 Å². The van der Waals surface area contributed by atoms with Crippen LogP contribution in [0.3, 0.4) is 0 Å². The number of hydrogen-bond donors (Lipinski definition) is 3. The molecule has 0 radical (unpaired) electrons. The summed E-state index contributed by atoms with van der Waals surface area (Å²) in [6.45, 7) is 0.0540. The number of aliphatic hydroxyl groups excluding tert-OH is 1. The first-order chi connectivity index (χ1) is 10.6. The number of benzene rings is 1. The summed E-state index contributed by atoms with van der Waals surface area (Å²) in [7, 11) is 1.48. The molecule has 1 aliphatic carbocycles. The summed E-state index contributed by atoms with van der Waals surface area (Å²) in [6, 6.07) is 3.63. The number of hydrogen-bond acceptors (Lipinski definition) is 3. The summed E-state index contributed by atoms with van der Waals surface area (Å²) < 4.78 is 18.7. The molecule has 0 saturated heterocycles. The molecule has 122 valence electrons. The van der Waals surface area contributed by atoms with Gasteiger partial charge in [0, 0.05) is 24.6 Å². The highest BCUT2D eigenvalue weighted by Gasteiger charge is 2.24. The average molecular weight is 310 g/mol. The molecule has 5 nitrogen and oxygen atoms in total. The van der Waals surface area contributed by atoms with E-state index in [0.717, 1.165) is 32.1 Å². The molecule has 2 unspecified atom stereocenters. The zero-order valence-corrected chi connectivity index (χ0v) is 12.8. The molecule has 3 N–H and O–H groups in total. The molecule has 1 aromatic rings. The van der Waals surface area contributed by atoms with Gasteiger partial charge in [-0.05, 0) is 25.0 Å². The largest absolute Gasteiger partial charge is 0.497 e. The van der Waals surface area contributed by atoms with E-state index in [1.807, 2.05) is 0 Å². The fourth-order valence-corrected chi connectivity index (χ4v) is 2.85. The van der Waals surface area contributed by atoms with Crippen molar-refractivity contribution in [2.24, 2.45) is 5.92 Å². The van der Waals surface area contributed by atoms with E-state index in [1.165, 1.54) is 25.3 Å². The number of carbonyl (C=O) groups excluding carboxylic acids is 1. The van der Waals surface area contributed by atoms with Gasteiger partial charge in [-0.3, -0.25) is 0 Å². The molecule has 0 aromatic heterocycles. The summed E-state index contributed by atoms with van der Waals surface area (Å²) >= 11 is 0. The molecule has 0 bridgehead atoms. The van der Waals surface area contributed by atoms with Crippen LogP contribution in [0.5, 0.6) is 5.75 Å². The van der Waals surface area contributed by atoms with Gasteiger partial charge in [-0.25, -0.2) is 9.18 Å². The fourth-order valence-electron chi connectivity index (χ4n) is 2.85. The Balaban J connectivity index is 1.99. The molecule has 22 heavy (non-hydrogen) atoms. The molecule has 0 spiro atoms. The summed E-state index contributed by atoms with van der Waals surface area (Å²) in [5.74, 6) is 0.0123. The molecule has 1 aromatic carbocycles. The molecule has 0 aliphatic heterocycles. The van der Waals surface area contributed by atoms with Gasteiger partial charge in [-0.2, -0.15) is 0 Å². The van der Waals surface area contributed by atoms with Crippen molar-refractivity contribution in [2.45, 2.75) is 38.1 Å². The minimum Gasteiger partial charge on any atom is -0.497 e. The number of amides is 2. The Bertz CT molecular complexity index is 510. The zero-order valence-electron chi connectivity index (χ0n) is 12.8. The molecule has 0 heterocycles. The molecular weight excluding hydrogens is 287 g/mol. The normalized spacial score (nSPS) is 21.8. The Morgan fingerprint density at radius 1 is 1.36 bits per heavy atom. The van der Waals surface area contributed by atoms with Gasteiger partial charge in [0.05, 0.1) is 12.8 Å². The van der Waals surface area contributed by atoms with Crippen molar-refractivity contribution < 1.29 is 19.0 Å². The molecule has 2 amide bonds. The number of methoxy groups -OCH3 is 1. The molecule has 1 saturated carbocycles. The third-order valence-corrected chi connectivity index (χ3v) is 4.13. The van der Waals surface area contributed by atoms with Crippen molar-refractivity contribution in [2.75, 3.05) is 19.0 Å². The van der Waals surface area contributed by atoms with Crippen LogP contribution < -0.4 is 15.4 Å². The van der Waals surface area contributed by atoms with Crippen molar-refractivity contribution in [3.63, 3.8) is 0 Å². The van der Waals surface area contributed by atoms with E-state index in [1.54, 1.807) is 0 Å². The van der Waals surface area contributed by atoms with Gasteiger partial charge in [0.25, 0.3) is 0 Å². The maximum Gasteiger partial charge on any atom is 0.319 e. The van der Waals surface area contributed by atoms with Gasteiger partial charge in [0.1, 0.15) is 11.6 Å². The maximum absolute atomic E-state index is 13.7. The van der Waals surface area contributed by atoms with Gasteiger partial charge >= 0.3 is 6.03 Å². The van der Waals surface area contributed by atoms with E-state index in [4.69, 9.17) is 4.74 Å². The second kappa shape index (κ2) is 7.98. The van der Waals surface area contributed by atoms with Crippen molar-refractivity contribution in [3.05, 3.63) is 24.0 Å². The second-order valence-electron chi connectivity index (χ2n) is 5.63. The quantitative estimate of drug-likeness (QED) is 0.749.